The number of rotatable bonds is 3. The zero-order chi connectivity index (χ0) is 13.8. The van der Waals surface area contributed by atoms with Crippen LogP contribution in [0.5, 0.6) is 0 Å². The second kappa shape index (κ2) is 6.26. The Morgan fingerprint density at radius 2 is 1.89 bits per heavy atom. The SMILES string of the molecule is CNC(=O)[C@@H](C)N1CCN(c2ccccc2Cl)CC1. The van der Waals surface area contributed by atoms with Gasteiger partial charge < -0.3 is 10.2 Å². The van der Waals surface area contributed by atoms with Crippen LogP contribution in [0, 0.1) is 0 Å². The molecule has 1 saturated heterocycles. The monoisotopic (exact) mass is 281 g/mol. The summed E-state index contributed by atoms with van der Waals surface area (Å²) in [5.41, 5.74) is 1.08. The molecular formula is C14H20ClN3O. The first-order valence-corrected chi connectivity index (χ1v) is 6.96. The van der Waals surface area contributed by atoms with E-state index in [1.165, 1.54) is 0 Å². The molecule has 1 amide bonds. The minimum Gasteiger partial charge on any atom is -0.368 e. The highest BCUT2D eigenvalue weighted by Crippen LogP contribution is 2.26. The number of carbonyl (C=O) groups excluding carboxylic acids is 1. The predicted octanol–water partition coefficient (Wildman–Crippen LogP) is 1.60. The molecule has 1 aliphatic heterocycles. The van der Waals surface area contributed by atoms with Gasteiger partial charge in [-0.1, -0.05) is 23.7 Å². The van der Waals surface area contributed by atoms with Gasteiger partial charge in [-0.25, -0.2) is 0 Å². The van der Waals surface area contributed by atoms with E-state index in [0.717, 1.165) is 36.9 Å². The predicted molar refractivity (Wildman–Crippen MR) is 78.8 cm³/mol. The molecule has 104 valence electrons. The summed E-state index contributed by atoms with van der Waals surface area (Å²) in [5.74, 6) is 0.0752. The van der Waals surface area contributed by atoms with Gasteiger partial charge in [-0.2, -0.15) is 0 Å². The Morgan fingerprint density at radius 1 is 1.26 bits per heavy atom. The van der Waals surface area contributed by atoms with Crippen LogP contribution in [0.1, 0.15) is 6.92 Å². The molecule has 0 saturated carbocycles. The Balaban J connectivity index is 1.96. The molecule has 1 aromatic rings. The molecule has 0 aromatic heterocycles. The number of anilines is 1. The first-order chi connectivity index (χ1) is 9.13. The summed E-state index contributed by atoms with van der Waals surface area (Å²) in [6.07, 6.45) is 0. The van der Waals surface area contributed by atoms with Crippen molar-refractivity contribution in [3.63, 3.8) is 0 Å². The van der Waals surface area contributed by atoms with Gasteiger partial charge in [0.15, 0.2) is 0 Å². The lowest BCUT2D eigenvalue weighted by Crippen LogP contribution is -2.53. The van der Waals surface area contributed by atoms with E-state index in [1.807, 2.05) is 31.2 Å². The van der Waals surface area contributed by atoms with Crippen molar-refractivity contribution in [1.82, 2.24) is 10.2 Å². The van der Waals surface area contributed by atoms with Gasteiger partial charge in [-0.15, -0.1) is 0 Å². The molecule has 0 radical (unpaired) electrons. The van der Waals surface area contributed by atoms with E-state index < -0.39 is 0 Å². The van der Waals surface area contributed by atoms with Crippen molar-refractivity contribution in [2.45, 2.75) is 13.0 Å². The minimum atomic E-state index is -0.0709. The summed E-state index contributed by atoms with van der Waals surface area (Å²) in [6, 6.07) is 7.82. The molecule has 1 aromatic carbocycles. The lowest BCUT2D eigenvalue weighted by atomic mass is 10.2. The molecule has 4 nitrogen and oxygen atoms in total. The fourth-order valence-electron chi connectivity index (χ4n) is 2.43. The first kappa shape index (κ1) is 14.2. The van der Waals surface area contributed by atoms with Gasteiger partial charge in [0.25, 0.3) is 0 Å². The van der Waals surface area contributed by atoms with E-state index in [-0.39, 0.29) is 11.9 Å². The summed E-state index contributed by atoms with van der Waals surface area (Å²) >= 11 is 6.21. The quantitative estimate of drug-likeness (QED) is 0.914. The molecule has 0 bridgehead atoms. The Kier molecular flexibility index (Phi) is 4.66. The summed E-state index contributed by atoms with van der Waals surface area (Å²) in [6.45, 7) is 5.49. The number of hydrogen-bond acceptors (Lipinski definition) is 3. The smallest absolute Gasteiger partial charge is 0.236 e. The fourth-order valence-corrected chi connectivity index (χ4v) is 2.69. The van der Waals surface area contributed by atoms with Gasteiger partial charge in [0.1, 0.15) is 0 Å². The van der Waals surface area contributed by atoms with Crippen LogP contribution in [0.15, 0.2) is 24.3 Å². The molecule has 0 spiro atoms. The number of carbonyl (C=O) groups is 1. The molecule has 5 heteroatoms. The second-order valence-electron chi connectivity index (χ2n) is 4.76. The number of benzene rings is 1. The second-order valence-corrected chi connectivity index (χ2v) is 5.17. The van der Waals surface area contributed by atoms with Gasteiger partial charge in [-0.3, -0.25) is 9.69 Å². The topological polar surface area (TPSA) is 35.6 Å². The van der Waals surface area contributed by atoms with Crippen molar-refractivity contribution >= 4 is 23.2 Å². The molecule has 0 aliphatic carbocycles. The van der Waals surface area contributed by atoms with Crippen molar-refractivity contribution in [2.75, 3.05) is 38.1 Å². The summed E-state index contributed by atoms with van der Waals surface area (Å²) in [5, 5.41) is 3.49. The standard InChI is InChI=1S/C14H20ClN3O/c1-11(14(19)16-2)17-7-9-18(10-8-17)13-6-4-3-5-12(13)15/h3-6,11H,7-10H2,1-2H3,(H,16,19)/t11-/m1/s1. The van der Waals surface area contributed by atoms with Gasteiger partial charge in [0.2, 0.25) is 5.91 Å². The zero-order valence-electron chi connectivity index (χ0n) is 11.4. The first-order valence-electron chi connectivity index (χ1n) is 6.58. The lowest BCUT2D eigenvalue weighted by Gasteiger charge is -2.38. The molecule has 1 fully saturated rings. The summed E-state index contributed by atoms with van der Waals surface area (Å²) in [7, 11) is 1.68. The number of nitrogens with one attached hydrogen (secondary N) is 1. The number of likely N-dealkylation sites (N-methyl/N-ethyl adjacent to an activating group) is 1. The van der Waals surface area contributed by atoms with Crippen molar-refractivity contribution in [3.05, 3.63) is 29.3 Å². The van der Waals surface area contributed by atoms with Crippen LogP contribution in [0.2, 0.25) is 5.02 Å². The highest BCUT2D eigenvalue weighted by atomic mass is 35.5. The van der Waals surface area contributed by atoms with Gasteiger partial charge in [0.05, 0.1) is 16.8 Å². The maximum atomic E-state index is 11.6. The maximum Gasteiger partial charge on any atom is 0.236 e. The summed E-state index contributed by atoms with van der Waals surface area (Å²) in [4.78, 5) is 16.1. The van der Waals surface area contributed by atoms with E-state index >= 15 is 0 Å². The molecule has 0 unspecified atom stereocenters. The van der Waals surface area contributed by atoms with Gasteiger partial charge >= 0.3 is 0 Å². The highest BCUT2D eigenvalue weighted by Gasteiger charge is 2.25. The van der Waals surface area contributed by atoms with E-state index in [9.17, 15) is 4.79 Å². The number of amides is 1. The molecule has 1 heterocycles. The van der Waals surface area contributed by atoms with Crippen LogP contribution >= 0.6 is 11.6 Å². The van der Waals surface area contributed by atoms with Crippen molar-refractivity contribution in [2.24, 2.45) is 0 Å². The van der Waals surface area contributed by atoms with Crippen LogP contribution in [0.4, 0.5) is 5.69 Å². The molecule has 19 heavy (non-hydrogen) atoms. The number of nitrogens with zero attached hydrogens (tertiary/aromatic N) is 2. The molecule has 1 N–H and O–H groups in total. The van der Waals surface area contributed by atoms with Gasteiger partial charge in [0, 0.05) is 33.2 Å². The van der Waals surface area contributed by atoms with Crippen molar-refractivity contribution in [3.8, 4) is 0 Å². The van der Waals surface area contributed by atoms with Crippen LogP contribution in [-0.4, -0.2) is 50.1 Å². The number of piperazine rings is 1. The average Bonchev–Trinajstić information content (AvgIpc) is 2.46. The summed E-state index contributed by atoms with van der Waals surface area (Å²) < 4.78 is 0. The van der Waals surface area contributed by atoms with E-state index in [1.54, 1.807) is 7.05 Å². The van der Waals surface area contributed by atoms with Crippen LogP contribution in [0.25, 0.3) is 0 Å². The highest BCUT2D eigenvalue weighted by molar-refractivity contribution is 6.33. The normalized spacial score (nSPS) is 18.2. The number of hydrogen-bond donors (Lipinski definition) is 1. The third-order valence-electron chi connectivity index (χ3n) is 3.68. The Bertz CT molecular complexity index is 444. The van der Waals surface area contributed by atoms with Gasteiger partial charge in [-0.05, 0) is 19.1 Å². The van der Waals surface area contributed by atoms with E-state index in [0.29, 0.717) is 0 Å². The minimum absolute atomic E-state index is 0.0709. The van der Waals surface area contributed by atoms with Crippen LogP contribution in [-0.2, 0) is 4.79 Å². The Labute approximate surface area is 119 Å². The van der Waals surface area contributed by atoms with Crippen LogP contribution < -0.4 is 10.2 Å². The van der Waals surface area contributed by atoms with Crippen molar-refractivity contribution in [1.29, 1.82) is 0 Å². The molecule has 2 rings (SSSR count). The average molecular weight is 282 g/mol. The molecule has 1 atom stereocenters. The van der Waals surface area contributed by atoms with E-state index in [4.69, 9.17) is 11.6 Å². The largest absolute Gasteiger partial charge is 0.368 e. The number of para-hydroxylation sites is 1. The van der Waals surface area contributed by atoms with E-state index in [2.05, 4.69) is 15.1 Å². The Morgan fingerprint density at radius 3 is 2.47 bits per heavy atom. The lowest BCUT2D eigenvalue weighted by molar-refractivity contribution is -0.125. The molecule has 1 aliphatic rings. The van der Waals surface area contributed by atoms with Crippen molar-refractivity contribution < 1.29 is 4.79 Å². The third kappa shape index (κ3) is 3.19. The fraction of sp³-hybridized carbons (Fsp3) is 0.500. The maximum absolute atomic E-state index is 11.6. The Hall–Kier alpha value is -1.26. The number of halogens is 1. The third-order valence-corrected chi connectivity index (χ3v) is 4.00. The molecular weight excluding hydrogens is 262 g/mol. The van der Waals surface area contributed by atoms with Crippen LogP contribution in [0.3, 0.4) is 0 Å². The zero-order valence-corrected chi connectivity index (χ0v) is 12.2.